The molecule has 0 bridgehead atoms. The summed E-state index contributed by atoms with van der Waals surface area (Å²) in [6.45, 7) is 0.304. The predicted molar refractivity (Wildman–Crippen MR) is 77.3 cm³/mol. The van der Waals surface area contributed by atoms with Gasteiger partial charge in [-0.1, -0.05) is 12.1 Å². The highest BCUT2D eigenvalue weighted by Gasteiger charge is 2.26. The van der Waals surface area contributed by atoms with E-state index in [1.54, 1.807) is 25.2 Å². The predicted octanol–water partition coefficient (Wildman–Crippen LogP) is 0.596. The molecule has 0 fully saturated rings. The van der Waals surface area contributed by atoms with Gasteiger partial charge in [0.15, 0.2) is 0 Å². The van der Waals surface area contributed by atoms with E-state index in [0.29, 0.717) is 12.2 Å². The van der Waals surface area contributed by atoms with E-state index in [1.807, 2.05) is 6.07 Å². The molecule has 0 aromatic heterocycles. The molecule has 1 aromatic carbocycles. The van der Waals surface area contributed by atoms with E-state index >= 15 is 0 Å². The summed E-state index contributed by atoms with van der Waals surface area (Å²) in [5.41, 5.74) is 0.425. The summed E-state index contributed by atoms with van der Waals surface area (Å²) in [7, 11) is -2.08. The van der Waals surface area contributed by atoms with Crippen molar-refractivity contribution in [2.75, 3.05) is 25.0 Å². The third-order valence-corrected chi connectivity index (χ3v) is 4.34. The lowest BCUT2D eigenvalue weighted by Gasteiger charge is -2.26. The van der Waals surface area contributed by atoms with E-state index in [2.05, 4.69) is 4.40 Å². The number of fused-ring (bicyclic) bond motifs is 1. The van der Waals surface area contributed by atoms with Crippen LogP contribution in [0.2, 0.25) is 0 Å². The topological polar surface area (TPSA) is 93.8 Å². The van der Waals surface area contributed by atoms with Crippen molar-refractivity contribution < 1.29 is 13.2 Å². The Bertz CT molecular complexity index is 721. The zero-order valence-electron chi connectivity index (χ0n) is 11.4. The van der Waals surface area contributed by atoms with Crippen molar-refractivity contribution in [1.29, 1.82) is 5.26 Å². The maximum absolute atomic E-state index is 12.1. The lowest BCUT2D eigenvalue weighted by atomic mass is 10.3. The second kappa shape index (κ2) is 5.93. The number of para-hydroxylation sites is 1. The van der Waals surface area contributed by atoms with Crippen LogP contribution in [0.4, 0.5) is 5.69 Å². The summed E-state index contributed by atoms with van der Waals surface area (Å²) in [5.74, 6) is -0.217. The van der Waals surface area contributed by atoms with Crippen molar-refractivity contribution in [3.63, 3.8) is 0 Å². The molecule has 0 atom stereocenters. The summed E-state index contributed by atoms with van der Waals surface area (Å²) in [6, 6.07) is 8.36. The van der Waals surface area contributed by atoms with E-state index in [0.717, 1.165) is 6.34 Å². The van der Waals surface area contributed by atoms with Gasteiger partial charge in [-0.3, -0.25) is 4.79 Å². The fourth-order valence-electron chi connectivity index (χ4n) is 1.89. The molecule has 1 aliphatic rings. The number of hydrogen-bond donors (Lipinski definition) is 0. The fourth-order valence-corrected chi connectivity index (χ4v) is 2.94. The Balaban J connectivity index is 2.20. The molecule has 0 spiro atoms. The van der Waals surface area contributed by atoms with Crippen LogP contribution in [0.15, 0.2) is 33.6 Å². The molecule has 1 aromatic rings. The fraction of sp³-hybridized carbons (Fsp3) is 0.308. The van der Waals surface area contributed by atoms with E-state index in [9.17, 15) is 13.2 Å². The molecular formula is C13H14N4O3S. The standard InChI is InChI=1S/C13H14N4O3S/c1-16(8-4-7-14)13(18)9-17-10-15-21(19,20)12-6-3-2-5-11(12)17/h2-3,5-6,10H,4,8-9H2,1H3. The van der Waals surface area contributed by atoms with Crippen LogP contribution in [0.1, 0.15) is 6.42 Å². The Morgan fingerprint density at radius 2 is 2.14 bits per heavy atom. The van der Waals surface area contributed by atoms with E-state index in [-0.39, 0.29) is 23.8 Å². The average molecular weight is 306 g/mol. The van der Waals surface area contributed by atoms with Gasteiger partial charge in [0.05, 0.1) is 18.2 Å². The Labute approximate surface area is 123 Å². The molecule has 0 N–H and O–H groups in total. The molecule has 0 aliphatic carbocycles. The van der Waals surface area contributed by atoms with Crippen LogP contribution in [-0.2, 0) is 14.8 Å². The van der Waals surface area contributed by atoms with Crippen LogP contribution < -0.4 is 4.90 Å². The van der Waals surface area contributed by atoms with Gasteiger partial charge in [-0.2, -0.15) is 13.7 Å². The van der Waals surface area contributed by atoms with Crippen molar-refractivity contribution in [3.8, 4) is 6.07 Å². The Morgan fingerprint density at radius 1 is 1.43 bits per heavy atom. The third kappa shape index (κ3) is 3.20. The molecule has 0 saturated carbocycles. The maximum atomic E-state index is 12.1. The van der Waals surface area contributed by atoms with Crippen LogP contribution in [0, 0.1) is 11.3 Å². The van der Waals surface area contributed by atoms with Crippen molar-refractivity contribution in [1.82, 2.24) is 4.90 Å². The number of sulfonamides is 1. The second-order valence-corrected chi connectivity index (χ2v) is 6.12. The third-order valence-electron chi connectivity index (χ3n) is 3.07. The Morgan fingerprint density at radius 3 is 2.86 bits per heavy atom. The first kappa shape index (κ1) is 15.0. The second-order valence-electron chi connectivity index (χ2n) is 4.51. The Kier molecular flexibility index (Phi) is 4.23. The van der Waals surface area contributed by atoms with E-state index < -0.39 is 10.0 Å². The minimum absolute atomic E-state index is 0.0298. The molecule has 8 heteroatoms. The van der Waals surface area contributed by atoms with Crippen LogP contribution >= 0.6 is 0 Å². The molecule has 1 aliphatic heterocycles. The summed E-state index contributed by atoms with van der Waals surface area (Å²) >= 11 is 0. The first-order valence-corrected chi connectivity index (χ1v) is 7.67. The molecule has 2 rings (SSSR count). The molecule has 110 valence electrons. The monoisotopic (exact) mass is 306 g/mol. The van der Waals surface area contributed by atoms with Gasteiger partial charge >= 0.3 is 0 Å². The number of amides is 1. The van der Waals surface area contributed by atoms with Crippen molar-refractivity contribution >= 4 is 28.0 Å². The smallest absolute Gasteiger partial charge is 0.285 e. The van der Waals surface area contributed by atoms with Gasteiger partial charge in [0.25, 0.3) is 10.0 Å². The zero-order valence-corrected chi connectivity index (χ0v) is 12.2. The number of carbonyl (C=O) groups excluding carboxylic acids is 1. The number of benzene rings is 1. The Hall–Kier alpha value is -2.40. The van der Waals surface area contributed by atoms with Crippen LogP contribution in [0.25, 0.3) is 0 Å². The summed E-state index contributed by atoms with van der Waals surface area (Å²) < 4.78 is 27.2. The van der Waals surface area contributed by atoms with Gasteiger partial charge in [-0.25, -0.2) is 0 Å². The minimum atomic E-state index is -3.69. The minimum Gasteiger partial charge on any atom is -0.343 e. The number of rotatable bonds is 4. The first-order valence-electron chi connectivity index (χ1n) is 6.23. The first-order chi connectivity index (χ1) is 9.95. The van der Waals surface area contributed by atoms with Crippen LogP contribution in [-0.4, -0.2) is 45.7 Å². The molecule has 1 amide bonds. The quantitative estimate of drug-likeness (QED) is 0.811. The highest BCUT2D eigenvalue weighted by atomic mass is 32.2. The van der Waals surface area contributed by atoms with E-state index in [4.69, 9.17) is 5.26 Å². The number of anilines is 1. The molecule has 0 radical (unpaired) electrons. The number of nitrogens with zero attached hydrogens (tertiary/aromatic N) is 4. The highest BCUT2D eigenvalue weighted by Crippen LogP contribution is 2.28. The van der Waals surface area contributed by atoms with Crippen LogP contribution in [0.5, 0.6) is 0 Å². The van der Waals surface area contributed by atoms with Gasteiger partial charge in [0, 0.05) is 13.6 Å². The summed E-state index contributed by atoms with van der Waals surface area (Å²) in [6.07, 6.45) is 1.40. The van der Waals surface area contributed by atoms with Crippen LogP contribution in [0.3, 0.4) is 0 Å². The molecule has 21 heavy (non-hydrogen) atoms. The number of likely N-dealkylation sites (N-methyl/N-ethyl adjacent to an activating group) is 1. The van der Waals surface area contributed by atoms with Crippen molar-refractivity contribution in [3.05, 3.63) is 24.3 Å². The van der Waals surface area contributed by atoms with E-state index in [1.165, 1.54) is 15.9 Å². The lowest BCUT2D eigenvalue weighted by Crippen LogP contribution is -2.39. The molecule has 7 nitrogen and oxygen atoms in total. The normalized spacial score (nSPS) is 15.1. The van der Waals surface area contributed by atoms with Gasteiger partial charge in [0.2, 0.25) is 5.91 Å². The van der Waals surface area contributed by atoms with Gasteiger partial charge < -0.3 is 9.80 Å². The summed E-state index contributed by atoms with van der Waals surface area (Å²) in [4.78, 5) is 15.1. The van der Waals surface area contributed by atoms with Gasteiger partial charge in [-0.15, -0.1) is 4.40 Å². The SMILES string of the molecule is CN(CCC#N)C(=O)CN1C=NS(=O)(=O)c2ccccc21. The molecule has 0 saturated heterocycles. The van der Waals surface area contributed by atoms with Gasteiger partial charge in [-0.05, 0) is 12.1 Å². The highest BCUT2D eigenvalue weighted by molar-refractivity contribution is 7.90. The average Bonchev–Trinajstić information content (AvgIpc) is 2.48. The number of hydrogen-bond acceptors (Lipinski definition) is 5. The van der Waals surface area contributed by atoms with Gasteiger partial charge in [0.1, 0.15) is 17.8 Å². The number of carbonyl (C=O) groups is 1. The summed E-state index contributed by atoms with van der Waals surface area (Å²) in [5, 5.41) is 8.52. The van der Waals surface area contributed by atoms with Crippen molar-refractivity contribution in [2.24, 2.45) is 4.40 Å². The molecule has 0 unspecified atom stereocenters. The maximum Gasteiger partial charge on any atom is 0.285 e. The zero-order chi connectivity index (χ0) is 15.5. The largest absolute Gasteiger partial charge is 0.343 e. The van der Waals surface area contributed by atoms with Crippen molar-refractivity contribution in [2.45, 2.75) is 11.3 Å². The molecule has 1 heterocycles. The lowest BCUT2D eigenvalue weighted by molar-refractivity contribution is -0.128. The number of nitriles is 1. The molecular weight excluding hydrogens is 292 g/mol.